The lowest BCUT2D eigenvalue weighted by Gasteiger charge is -2.09. The second-order valence-corrected chi connectivity index (χ2v) is 5.89. The maximum absolute atomic E-state index is 6.05. The van der Waals surface area contributed by atoms with Crippen LogP contribution in [0.15, 0.2) is 73.2 Å². The summed E-state index contributed by atoms with van der Waals surface area (Å²) in [6, 6.07) is 17.8. The molecule has 0 fully saturated rings. The zero-order valence-electron chi connectivity index (χ0n) is 14.1. The van der Waals surface area contributed by atoms with Gasteiger partial charge in [0, 0.05) is 37.3 Å². The molecule has 5 nitrogen and oxygen atoms in total. The van der Waals surface area contributed by atoms with Crippen LogP contribution in [0.2, 0.25) is 0 Å². The molecular formula is C20H18N4O. The Morgan fingerprint density at radius 1 is 0.920 bits per heavy atom. The molecule has 2 aromatic heterocycles. The smallest absolute Gasteiger partial charge is 0.139 e. The van der Waals surface area contributed by atoms with Gasteiger partial charge in [0.2, 0.25) is 0 Å². The Kier molecular flexibility index (Phi) is 3.82. The summed E-state index contributed by atoms with van der Waals surface area (Å²) in [6.07, 6.45) is 5.66. The molecule has 0 aliphatic carbocycles. The van der Waals surface area contributed by atoms with Crippen molar-refractivity contribution < 1.29 is 4.74 Å². The number of aryl methyl sites for hydroxylation is 2. The summed E-state index contributed by atoms with van der Waals surface area (Å²) in [4.78, 5) is 4.39. The van der Waals surface area contributed by atoms with Crippen LogP contribution in [0, 0.1) is 6.92 Å². The van der Waals surface area contributed by atoms with Gasteiger partial charge in [-0.3, -0.25) is 0 Å². The molecule has 4 rings (SSSR count). The minimum Gasteiger partial charge on any atom is -0.457 e. The zero-order valence-corrected chi connectivity index (χ0v) is 14.1. The monoisotopic (exact) mass is 330 g/mol. The molecule has 0 aliphatic rings. The maximum atomic E-state index is 6.05. The number of benzene rings is 2. The molecule has 0 saturated carbocycles. The predicted octanol–water partition coefficient (Wildman–Crippen LogP) is 4.37. The van der Waals surface area contributed by atoms with Crippen LogP contribution in [0.4, 0.5) is 0 Å². The number of rotatable bonds is 4. The van der Waals surface area contributed by atoms with Gasteiger partial charge in [-0.05, 0) is 37.3 Å². The van der Waals surface area contributed by atoms with Gasteiger partial charge >= 0.3 is 0 Å². The third-order valence-electron chi connectivity index (χ3n) is 3.95. The maximum Gasteiger partial charge on any atom is 0.139 e. The second-order valence-electron chi connectivity index (χ2n) is 5.89. The van der Waals surface area contributed by atoms with Gasteiger partial charge in [0.25, 0.3) is 0 Å². The SMILES string of the molecule is Cc1ccn(-c2cccc(Oc3cccc(-c4nccn4C)c3)c2)n1. The van der Waals surface area contributed by atoms with Crippen molar-refractivity contribution in [3.8, 4) is 28.6 Å². The fourth-order valence-corrected chi connectivity index (χ4v) is 2.73. The first kappa shape index (κ1) is 15.2. The number of hydrogen-bond acceptors (Lipinski definition) is 3. The number of nitrogens with zero attached hydrogens (tertiary/aromatic N) is 4. The van der Waals surface area contributed by atoms with Gasteiger partial charge in [0.15, 0.2) is 0 Å². The number of imidazole rings is 1. The van der Waals surface area contributed by atoms with Gasteiger partial charge < -0.3 is 9.30 Å². The lowest BCUT2D eigenvalue weighted by molar-refractivity contribution is 0.482. The van der Waals surface area contributed by atoms with E-state index in [0.29, 0.717) is 0 Å². The van der Waals surface area contributed by atoms with Crippen molar-refractivity contribution in [2.24, 2.45) is 7.05 Å². The molecule has 2 aromatic carbocycles. The van der Waals surface area contributed by atoms with E-state index in [4.69, 9.17) is 4.74 Å². The fourth-order valence-electron chi connectivity index (χ4n) is 2.73. The molecule has 0 bridgehead atoms. The standard InChI is InChI=1S/C20H18N4O/c1-15-9-11-24(22-15)17-6-4-8-19(14-17)25-18-7-3-5-16(13-18)20-21-10-12-23(20)2/h3-14H,1-2H3. The Morgan fingerprint density at radius 2 is 1.72 bits per heavy atom. The molecule has 0 amide bonds. The summed E-state index contributed by atoms with van der Waals surface area (Å²) in [5.74, 6) is 2.45. The molecular weight excluding hydrogens is 312 g/mol. The van der Waals surface area contributed by atoms with Crippen molar-refractivity contribution >= 4 is 0 Å². The fraction of sp³-hybridized carbons (Fsp3) is 0.100. The normalized spacial score (nSPS) is 10.8. The van der Waals surface area contributed by atoms with Crippen LogP contribution < -0.4 is 4.74 Å². The van der Waals surface area contributed by atoms with Crippen LogP contribution in [0.3, 0.4) is 0 Å². The molecule has 5 heteroatoms. The van der Waals surface area contributed by atoms with Crippen LogP contribution >= 0.6 is 0 Å². The molecule has 0 aliphatic heterocycles. The Labute approximate surface area is 146 Å². The molecule has 0 radical (unpaired) electrons. The average molecular weight is 330 g/mol. The summed E-state index contributed by atoms with van der Waals surface area (Å²) in [7, 11) is 1.98. The summed E-state index contributed by atoms with van der Waals surface area (Å²) in [5, 5.41) is 4.44. The third-order valence-corrected chi connectivity index (χ3v) is 3.95. The van der Waals surface area contributed by atoms with Crippen LogP contribution in [0.5, 0.6) is 11.5 Å². The Morgan fingerprint density at radius 3 is 2.44 bits per heavy atom. The zero-order chi connectivity index (χ0) is 17.2. The van der Waals surface area contributed by atoms with E-state index in [9.17, 15) is 0 Å². The van der Waals surface area contributed by atoms with E-state index < -0.39 is 0 Å². The van der Waals surface area contributed by atoms with Crippen molar-refractivity contribution in [2.45, 2.75) is 6.92 Å². The molecule has 124 valence electrons. The van der Waals surface area contributed by atoms with E-state index in [1.54, 1.807) is 6.20 Å². The number of ether oxygens (including phenoxy) is 1. The van der Waals surface area contributed by atoms with E-state index in [1.165, 1.54) is 0 Å². The van der Waals surface area contributed by atoms with Crippen molar-refractivity contribution in [1.29, 1.82) is 0 Å². The third kappa shape index (κ3) is 3.17. The highest BCUT2D eigenvalue weighted by Crippen LogP contribution is 2.27. The van der Waals surface area contributed by atoms with E-state index >= 15 is 0 Å². The molecule has 0 saturated heterocycles. The van der Waals surface area contributed by atoms with Gasteiger partial charge in [-0.1, -0.05) is 18.2 Å². The van der Waals surface area contributed by atoms with Crippen LogP contribution in [0.1, 0.15) is 5.69 Å². The van der Waals surface area contributed by atoms with E-state index in [0.717, 1.165) is 34.3 Å². The van der Waals surface area contributed by atoms with Crippen molar-refractivity contribution in [2.75, 3.05) is 0 Å². The largest absolute Gasteiger partial charge is 0.457 e. The lowest BCUT2D eigenvalue weighted by Crippen LogP contribution is -1.95. The molecule has 0 unspecified atom stereocenters. The van der Waals surface area contributed by atoms with E-state index in [2.05, 4.69) is 10.1 Å². The summed E-state index contributed by atoms with van der Waals surface area (Å²) >= 11 is 0. The number of hydrogen-bond donors (Lipinski definition) is 0. The summed E-state index contributed by atoms with van der Waals surface area (Å²) in [5.41, 5.74) is 2.96. The average Bonchev–Trinajstić information content (AvgIpc) is 3.24. The molecule has 25 heavy (non-hydrogen) atoms. The van der Waals surface area contributed by atoms with Gasteiger partial charge in [-0.15, -0.1) is 0 Å². The van der Waals surface area contributed by atoms with Crippen LogP contribution in [0.25, 0.3) is 17.1 Å². The van der Waals surface area contributed by atoms with Crippen LogP contribution in [-0.4, -0.2) is 19.3 Å². The molecule has 4 aromatic rings. The van der Waals surface area contributed by atoms with Gasteiger partial charge in [0.05, 0.1) is 11.4 Å². The van der Waals surface area contributed by atoms with Crippen LogP contribution in [-0.2, 0) is 7.05 Å². The highest BCUT2D eigenvalue weighted by atomic mass is 16.5. The quantitative estimate of drug-likeness (QED) is 0.558. The predicted molar refractivity (Wildman–Crippen MR) is 97.0 cm³/mol. The minimum atomic E-state index is 0.766. The first-order valence-corrected chi connectivity index (χ1v) is 8.07. The highest BCUT2D eigenvalue weighted by Gasteiger charge is 2.06. The Balaban J connectivity index is 1.62. The molecule has 2 heterocycles. The highest BCUT2D eigenvalue weighted by molar-refractivity contribution is 5.58. The molecule has 0 spiro atoms. The van der Waals surface area contributed by atoms with Gasteiger partial charge in [0.1, 0.15) is 17.3 Å². The summed E-state index contributed by atoms with van der Waals surface area (Å²) in [6.45, 7) is 1.97. The van der Waals surface area contributed by atoms with Crippen molar-refractivity contribution in [3.05, 3.63) is 78.9 Å². The first-order valence-electron chi connectivity index (χ1n) is 8.07. The molecule has 0 atom stereocenters. The Hall–Kier alpha value is -3.34. The first-order chi connectivity index (χ1) is 12.2. The van der Waals surface area contributed by atoms with Crippen molar-refractivity contribution in [3.63, 3.8) is 0 Å². The molecule has 0 N–H and O–H groups in total. The minimum absolute atomic E-state index is 0.766. The second kappa shape index (κ2) is 6.28. The lowest BCUT2D eigenvalue weighted by atomic mass is 10.2. The van der Waals surface area contributed by atoms with E-state index in [-0.39, 0.29) is 0 Å². The summed E-state index contributed by atoms with van der Waals surface area (Å²) < 4.78 is 9.87. The van der Waals surface area contributed by atoms with E-state index in [1.807, 2.05) is 90.2 Å². The number of aromatic nitrogens is 4. The Bertz CT molecular complexity index is 1020. The van der Waals surface area contributed by atoms with Crippen molar-refractivity contribution in [1.82, 2.24) is 19.3 Å². The topological polar surface area (TPSA) is 44.9 Å². The van der Waals surface area contributed by atoms with Gasteiger partial charge in [-0.25, -0.2) is 9.67 Å². The van der Waals surface area contributed by atoms with Gasteiger partial charge in [-0.2, -0.15) is 5.10 Å².